The first-order valence-corrected chi connectivity index (χ1v) is 7.55. The molecule has 0 unspecified atom stereocenters. The summed E-state index contributed by atoms with van der Waals surface area (Å²) in [5, 5.41) is 20.4. The summed E-state index contributed by atoms with van der Waals surface area (Å²) in [6, 6.07) is 5.31. The summed E-state index contributed by atoms with van der Waals surface area (Å²) in [4.78, 5) is 21.3. The van der Waals surface area contributed by atoms with Gasteiger partial charge < -0.3 is 20.1 Å². The number of hydrogen-bond acceptors (Lipinski definition) is 4. The average molecular weight is 324 g/mol. The van der Waals surface area contributed by atoms with Crippen LogP contribution < -0.4 is 0 Å². The van der Waals surface area contributed by atoms with Crippen molar-refractivity contribution >= 4 is 28.5 Å². The summed E-state index contributed by atoms with van der Waals surface area (Å²) in [6.07, 6.45) is -0.448. The quantitative estimate of drug-likeness (QED) is 0.772. The SMILES string of the molecule is C[C@]1(O)CCN(C(=O)Cc2nc3ccc(Cl)cc3[nH]2)C[C@@H]1O. The number of rotatable bonds is 2. The van der Waals surface area contributed by atoms with Crippen LogP contribution in [-0.4, -0.2) is 55.8 Å². The summed E-state index contributed by atoms with van der Waals surface area (Å²) in [5.41, 5.74) is 0.415. The molecular formula is C15H18ClN3O3. The first-order chi connectivity index (χ1) is 10.3. The molecule has 1 aliphatic heterocycles. The number of carbonyl (C=O) groups excluding carboxylic acids is 1. The summed E-state index contributed by atoms with van der Waals surface area (Å²) < 4.78 is 0. The van der Waals surface area contributed by atoms with Gasteiger partial charge in [-0.25, -0.2) is 4.98 Å². The van der Waals surface area contributed by atoms with Crippen LogP contribution in [0.3, 0.4) is 0 Å². The van der Waals surface area contributed by atoms with Crippen LogP contribution >= 0.6 is 11.6 Å². The number of nitrogens with one attached hydrogen (secondary N) is 1. The molecule has 1 aromatic heterocycles. The Morgan fingerprint density at radius 1 is 1.59 bits per heavy atom. The van der Waals surface area contributed by atoms with Crippen LogP contribution in [0.2, 0.25) is 5.02 Å². The van der Waals surface area contributed by atoms with Gasteiger partial charge in [-0.3, -0.25) is 4.79 Å². The number of piperidine rings is 1. The highest BCUT2D eigenvalue weighted by molar-refractivity contribution is 6.31. The van der Waals surface area contributed by atoms with Gasteiger partial charge >= 0.3 is 0 Å². The predicted molar refractivity (Wildman–Crippen MR) is 82.6 cm³/mol. The lowest BCUT2D eigenvalue weighted by atomic mass is 9.90. The number of fused-ring (bicyclic) bond motifs is 1. The molecular weight excluding hydrogens is 306 g/mol. The van der Waals surface area contributed by atoms with Gasteiger partial charge in [-0.15, -0.1) is 0 Å². The van der Waals surface area contributed by atoms with Crippen molar-refractivity contribution in [2.75, 3.05) is 13.1 Å². The maximum atomic E-state index is 12.3. The van der Waals surface area contributed by atoms with Gasteiger partial charge in [-0.05, 0) is 31.5 Å². The second-order valence-electron chi connectivity index (χ2n) is 5.98. The van der Waals surface area contributed by atoms with Gasteiger partial charge in [0.25, 0.3) is 0 Å². The van der Waals surface area contributed by atoms with Crippen molar-refractivity contribution in [2.24, 2.45) is 0 Å². The van der Waals surface area contributed by atoms with E-state index in [2.05, 4.69) is 9.97 Å². The highest BCUT2D eigenvalue weighted by atomic mass is 35.5. The van der Waals surface area contributed by atoms with Crippen molar-refractivity contribution < 1.29 is 15.0 Å². The molecule has 0 radical (unpaired) electrons. The van der Waals surface area contributed by atoms with Crippen molar-refractivity contribution in [3.8, 4) is 0 Å². The highest BCUT2D eigenvalue weighted by Crippen LogP contribution is 2.23. The average Bonchev–Trinajstić information content (AvgIpc) is 2.83. The fourth-order valence-corrected chi connectivity index (χ4v) is 2.80. The second kappa shape index (κ2) is 5.53. The van der Waals surface area contributed by atoms with Crippen LogP contribution in [0.4, 0.5) is 0 Å². The number of benzene rings is 1. The minimum absolute atomic E-state index is 0.125. The van der Waals surface area contributed by atoms with Crippen LogP contribution in [0.25, 0.3) is 11.0 Å². The molecule has 0 saturated carbocycles. The predicted octanol–water partition coefficient (Wildman–Crippen LogP) is 1.10. The fraction of sp³-hybridized carbons (Fsp3) is 0.467. The first-order valence-electron chi connectivity index (χ1n) is 7.17. The standard InChI is InChI=1S/C15H18ClN3O3/c1-15(22)4-5-19(8-12(15)20)14(21)7-13-17-10-3-2-9(16)6-11(10)18-13/h2-3,6,12,20,22H,4-5,7-8H2,1H3,(H,17,18)/t12-,15-/m0/s1. The normalized spacial score (nSPS) is 25.6. The summed E-state index contributed by atoms with van der Waals surface area (Å²) in [5.74, 6) is 0.439. The monoisotopic (exact) mass is 323 g/mol. The molecule has 1 amide bonds. The van der Waals surface area contributed by atoms with Crippen molar-refractivity contribution in [2.45, 2.75) is 31.5 Å². The molecule has 1 aromatic carbocycles. The molecule has 1 fully saturated rings. The fourth-order valence-electron chi connectivity index (χ4n) is 2.62. The molecule has 1 saturated heterocycles. The highest BCUT2D eigenvalue weighted by Gasteiger charge is 2.37. The number of hydrogen-bond donors (Lipinski definition) is 3. The van der Waals surface area contributed by atoms with Crippen LogP contribution in [0.5, 0.6) is 0 Å². The number of imidazole rings is 1. The van der Waals surface area contributed by atoms with Gasteiger partial charge in [-0.2, -0.15) is 0 Å². The molecule has 0 bridgehead atoms. The van der Waals surface area contributed by atoms with Gasteiger partial charge in [0.05, 0.1) is 29.2 Å². The zero-order valence-corrected chi connectivity index (χ0v) is 13.0. The number of amides is 1. The molecule has 2 heterocycles. The van der Waals surface area contributed by atoms with E-state index in [-0.39, 0.29) is 18.9 Å². The lowest BCUT2D eigenvalue weighted by Crippen LogP contribution is -2.55. The Hall–Kier alpha value is -1.63. The van der Waals surface area contributed by atoms with Gasteiger partial charge in [-0.1, -0.05) is 11.6 Å². The summed E-state index contributed by atoms with van der Waals surface area (Å²) in [6.45, 7) is 2.15. The third kappa shape index (κ3) is 2.95. The third-order valence-electron chi connectivity index (χ3n) is 4.16. The molecule has 1 aliphatic rings. The maximum Gasteiger partial charge on any atom is 0.230 e. The van der Waals surface area contributed by atoms with Gasteiger partial charge in [0.2, 0.25) is 5.91 Å². The molecule has 7 heteroatoms. The maximum absolute atomic E-state index is 12.3. The molecule has 118 valence electrons. The molecule has 3 rings (SSSR count). The van der Waals surface area contributed by atoms with E-state index in [1.165, 1.54) is 0 Å². The van der Waals surface area contributed by atoms with E-state index in [0.29, 0.717) is 23.8 Å². The van der Waals surface area contributed by atoms with Crippen molar-refractivity contribution in [3.05, 3.63) is 29.0 Å². The van der Waals surface area contributed by atoms with Crippen molar-refractivity contribution in [3.63, 3.8) is 0 Å². The first kappa shape index (κ1) is 15.3. The number of aromatic amines is 1. The van der Waals surface area contributed by atoms with Gasteiger partial charge in [0, 0.05) is 18.1 Å². The number of β-amino-alcohol motifs (C(OH)–C–C–N with tert-alkyl or cyclic N) is 1. The minimum atomic E-state index is -1.13. The molecule has 22 heavy (non-hydrogen) atoms. The lowest BCUT2D eigenvalue weighted by molar-refractivity contribution is -0.145. The van der Waals surface area contributed by atoms with E-state index in [0.717, 1.165) is 11.0 Å². The molecule has 2 aromatic rings. The molecule has 0 spiro atoms. The lowest BCUT2D eigenvalue weighted by Gasteiger charge is -2.39. The number of H-pyrrole nitrogens is 1. The second-order valence-corrected chi connectivity index (χ2v) is 6.42. The zero-order chi connectivity index (χ0) is 15.9. The Bertz CT molecular complexity index is 713. The van der Waals surface area contributed by atoms with E-state index < -0.39 is 11.7 Å². The molecule has 6 nitrogen and oxygen atoms in total. The number of halogens is 1. The molecule has 2 atom stereocenters. The van der Waals surface area contributed by atoms with E-state index in [4.69, 9.17) is 11.6 Å². The number of aliphatic hydroxyl groups excluding tert-OH is 1. The smallest absolute Gasteiger partial charge is 0.230 e. The van der Waals surface area contributed by atoms with E-state index >= 15 is 0 Å². The Morgan fingerprint density at radius 2 is 2.36 bits per heavy atom. The van der Waals surface area contributed by atoms with Crippen molar-refractivity contribution in [1.29, 1.82) is 0 Å². The van der Waals surface area contributed by atoms with Crippen LogP contribution in [0.1, 0.15) is 19.2 Å². The number of nitrogens with zero attached hydrogens (tertiary/aromatic N) is 2. The number of aromatic nitrogens is 2. The van der Waals surface area contributed by atoms with Gasteiger partial charge in [0.1, 0.15) is 5.82 Å². The molecule has 0 aliphatic carbocycles. The van der Waals surface area contributed by atoms with E-state index in [9.17, 15) is 15.0 Å². The largest absolute Gasteiger partial charge is 0.388 e. The Balaban J connectivity index is 1.71. The Labute approximate surface area is 132 Å². The third-order valence-corrected chi connectivity index (χ3v) is 4.40. The van der Waals surface area contributed by atoms with Crippen LogP contribution in [0.15, 0.2) is 18.2 Å². The molecule has 3 N–H and O–H groups in total. The Morgan fingerprint density at radius 3 is 3.09 bits per heavy atom. The number of carbonyl (C=O) groups is 1. The Kier molecular flexibility index (Phi) is 3.84. The summed E-state index contributed by atoms with van der Waals surface area (Å²) >= 11 is 5.92. The number of likely N-dealkylation sites (tertiary alicyclic amines) is 1. The van der Waals surface area contributed by atoms with E-state index in [1.807, 2.05) is 0 Å². The van der Waals surface area contributed by atoms with Gasteiger partial charge in [0.15, 0.2) is 0 Å². The van der Waals surface area contributed by atoms with Crippen molar-refractivity contribution in [1.82, 2.24) is 14.9 Å². The minimum Gasteiger partial charge on any atom is -0.388 e. The van der Waals surface area contributed by atoms with Crippen LogP contribution in [-0.2, 0) is 11.2 Å². The topological polar surface area (TPSA) is 89.5 Å². The number of aliphatic hydroxyl groups is 2. The summed E-state index contributed by atoms with van der Waals surface area (Å²) in [7, 11) is 0. The zero-order valence-electron chi connectivity index (χ0n) is 12.2. The van der Waals surface area contributed by atoms with E-state index in [1.54, 1.807) is 30.0 Å². The van der Waals surface area contributed by atoms with Crippen LogP contribution in [0, 0.1) is 0 Å².